The Morgan fingerprint density at radius 1 is 1.22 bits per heavy atom. The first-order valence-corrected chi connectivity index (χ1v) is 6.34. The molecular formula is C14H20O4. The number of aryl methyl sites for hydroxylation is 2. The summed E-state index contributed by atoms with van der Waals surface area (Å²) in [5, 5.41) is 18.3. The summed E-state index contributed by atoms with van der Waals surface area (Å²) in [5.41, 5.74) is 2.10. The Labute approximate surface area is 107 Å². The van der Waals surface area contributed by atoms with E-state index in [2.05, 4.69) is 11.7 Å². The van der Waals surface area contributed by atoms with Gasteiger partial charge >= 0.3 is 6.16 Å². The summed E-state index contributed by atoms with van der Waals surface area (Å²) in [5.74, 6) is -0.0975. The topological polar surface area (TPSA) is 66.8 Å². The lowest BCUT2D eigenvalue weighted by atomic mass is 9.99. The Morgan fingerprint density at radius 3 is 2.50 bits per heavy atom. The van der Waals surface area contributed by atoms with Crippen LogP contribution in [0.2, 0.25) is 0 Å². The van der Waals surface area contributed by atoms with Crippen LogP contribution in [0.3, 0.4) is 0 Å². The molecule has 0 radical (unpaired) electrons. The van der Waals surface area contributed by atoms with E-state index < -0.39 is 6.16 Å². The molecule has 4 heteroatoms. The Hall–Kier alpha value is -1.71. The van der Waals surface area contributed by atoms with Gasteiger partial charge in [-0.15, -0.1) is 0 Å². The summed E-state index contributed by atoms with van der Waals surface area (Å²) in [7, 11) is 0. The fraction of sp³-hybridized carbons (Fsp3) is 0.500. The molecule has 1 aromatic carbocycles. The van der Waals surface area contributed by atoms with Gasteiger partial charge in [-0.2, -0.15) is 0 Å². The average molecular weight is 252 g/mol. The molecule has 0 amide bonds. The van der Waals surface area contributed by atoms with Crippen molar-refractivity contribution in [3.63, 3.8) is 0 Å². The number of carboxylic acid groups (broad SMARTS) is 1. The lowest BCUT2D eigenvalue weighted by Gasteiger charge is -2.11. The second-order valence-electron chi connectivity index (χ2n) is 4.27. The molecule has 2 N–H and O–H groups in total. The molecule has 0 spiro atoms. The lowest BCUT2D eigenvalue weighted by Crippen LogP contribution is -2.04. The molecule has 1 rings (SSSR count). The Balaban J connectivity index is 2.91. The van der Waals surface area contributed by atoms with Crippen molar-refractivity contribution in [3.8, 4) is 11.5 Å². The van der Waals surface area contributed by atoms with Gasteiger partial charge in [0.1, 0.15) is 0 Å². The van der Waals surface area contributed by atoms with Gasteiger partial charge < -0.3 is 14.9 Å². The third-order valence-electron chi connectivity index (χ3n) is 2.91. The maximum atomic E-state index is 10.5. The highest BCUT2D eigenvalue weighted by molar-refractivity contribution is 5.63. The molecule has 0 atom stereocenters. The molecule has 0 bridgehead atoms. The van der Waals surface area contributed by atoms with E-state index in [9.17, 15) is 9.90 Å². The minimum atomic E-state index is -1.41. The Bertz CT molecular complexity index is 413. The van der Waals surface area contributed by atoms with Crippen molar-refractivity contribution < 1.29 is 19.7 Å². The van der Waals surface area contributed by atoms with Crippen LogP contribution >= 0.6 is 0 Å². The van der Waals surface area contributed by atoms with E-state index in [1.54, 1.807) is 12.1 Å². The molecule has 18 heavy (non-hydrogen) atoms. The maximum Gasteiger partial charge on any atom is 0.511 e. The number of phenols is 1. The van der Waals surface area contributed by atoms with E-state index in [1.165, 1.54) is 0 Å². The van der Waals surface area contributed by atoms with Gasteiger partial charge in [-0.05, 0) is 42.5 Å². The largest absolute Gasteiger partial charge is 0.511 e. The highest BCUT2D eigenvalue weighted by atomic mass is 16.7. The SMILES string of the molecule is CCCCCc1cc(O)c(OC(=O)O)cc1CC. The molecule has 0 aliphatic rings. The first-order valence-electron chi connectivity index (χ1n) is 6.34. The quantitative estimate of drug-likeness (QED) is 0.459. The second-order valence-corrected chi connectivity index (χ2v) is 4.27. The number of ether oxygens (including phenoxy) is 1. The normalized spacial score (nSPS) is 10.3. The summed E-state index contributed by atoms with van der Waals surface area (Å²) in [4.78, 5) is 10.5. The number of unbranched alkanes of at least 4 members (excludes halogenated alkanes) is 2. The van der Waals surface area contributed by atoms with Crippen molar-refractivity contribution in [1.82, 2.24) is 0 Å². The number of rotatable bonds is 6. The van der Waals surface area contributed by atoms with Crippen molar-refractivity contribution >= 4 is 6.16 Å². The van der Waals surface area contributed by atoms with E-state index >= 15 is 0 Å². The smallest absolute Gasteiger partial charge is 0.504 e. The van der Waals surface area contributed by atoms with Crippen molar-refractivity contribution in [2.24, 2.45) is 0 Å². The molecular weight excluding hydrogens is 232 g/mol. The Kier molecular flexibility index (Phi) is 5.49. The lowest BCUT2D eigenvalue weighted by molar-refractivity contribution is 0.143. The monoisotopic (exact) mass is 252 g/mol. The van der Waals surface area contributed by atoms with Crippen molar-refractivity contribution in [1.29, 1.82) is 0 Å². The first-order chi connectivity index (χ1) is 8.58. The van der Waals surface area contributed by atoms with Crippen LogP contribution in [0.4, 0.5) is 4.79 Å². The molecule has 4 nitrogen and oxygen atoms in total. The zero-order valence-electron chi connectivity index (χ0n) is 10.9. The molecule has 0 heterocycles. The van der Waals surface area contributed by atoms with Crippen LogP contribution in [0, 0.1) is 0 Å². The molecule has 0 fully saturated rings. The number of hydrogen-bond acceptors (Lipinski definition) is 3. The third kappa shape index (κ3) is 3.95. The number of carbonyl (C=O) groups is 1. The number of aromatic hydroxyl groups is 1. The highest BCUT2D eigenvalue weighted by Crippen LogP contribution is 2.31. The zero-order valence-corrected chi connectivity index (χ0v) is 10.9. The summed E-state index contributed by atoms with van der Waals surface area (Å²) in [6.45, 7) is 4.14. The van der Waals surface area contributed by atoms with E-state index in [4.69, 9.17) is 5.11 Å². The number of phenolic OH excluding ortho intramolecular Hbond substituents is 1. The third-order valence-corrected chi connectivity index (χ3v) is 2.91. The average Bonchev–Trinajstić information content (AvgIpc) is 2.32. The van der Waals surface area contributed by atoms with Crippen LogP contribution in [0.25, 0.3) is 0 Å². The molecule has 0 aliphatic heterocycles. The highest BCUT2D eigenvalue weighted by Gasteiger charge is 2.12. The fourth-order valence-corrected chi connectivity index (χ4v) is 1.96. The summed E-state index contributed by atoms with van der Waals surface area (Å²) < 4.78 is 4.53. The van der Waals surface area contributed by atoms with Crippen molar-refractivity contribution in [3.05, 3.63) is 23.3 Å². The molecule has 0 unspecified atom stereocenters. The molecule has 0 saturated heterocycles. The van der Waals surface area contributed by atoms with Gasteiger partial charge in [0.15, 0.2) is 11.5 Å². The van der Waals surface area contributed by atoms with Gasteiger partial charge in [-0.1, -0.05) is 26.7 Å². The van der Waals surface area contributed by atoms with Crippen LogP contribution in [0.5, 0.6) is 11.5 Å². The van der Waals surface area contributed by atoms with Crippen LogP contribution in [0.15, 0.2) is 12.1 Å². The maximum absolute atomic E-state index is 10.5. The molecule has 100 valence electrons. The van der Waals surface area contributed by atoms with Crippen molar-refractivity contribution in [2.75, 3.05) is 0 Å². The summed E-state index contributed by atoms with van der Waals surface area (Å²) >= 11 is 0. The molecule has 0 aliphatic carbocycles. The van der Waals surface area contributed by atoms with Gasteiger partial charge in [0.2, 0.25) is 0 Å². The van der Waals surface area contributed by atoms with Gasteiger partial charge in [0.25, 0.3) is 0 Å². The zero-order chi connectivity index (χ0) is 13.5. The minimum absolute atomic E-state index is 0.0126. The van der Waals surface area contributed by atoms with Crippen LogP contribution in [0.1, 0.15) is 44.2 Å². The van der Waals surface area contributed by atoms with Gasteiger partial charge in [-0.25, -0.2) is 4.79 Å². The summed E-state index contributed by atoms with van der Waals surface area (Å²) in [6, 6.07) is 3.23. The van der Waals surface area contributed by atoms with Gasteiger partial charge in [-0.3, -0.25) is 0 Å². The van der Waals surface area contributed by atoms with Gasteiger partial charge in [0, 0.05) is 0 Å². The first kappa shape index (κ1) is 14.4. The molecule has 1 aromatic rings. The van der Waals surface area contributed by atoms with E-state index in [0.29, 0.717) is 0 Å². The number of benzene rings is 1. The van der Waals surface area contributed by atoms with Crippen LogP contribution in [-0.4, -0.2) is 16.4 Å². The van der Waals surface area contributed by atoms with Crippen molar-refractivity contribution in [2.45, 2.75) is 46.0 Å². The molecule has 0 saturated carbocycles. The van der Waals surface area contributed by atoms with E-state index in [-0.39, 0.29) is 11.5 Å². The predicted octanol–water partition coefficient (Wildman–Crippen LogP) is 3.74. The molecule has 0 aromatic heterocycles. The van der Waals surface area contributed by atoms with Crippen LogP contribution < -0.4 is 4.74 Å². The Morgan fingerprint density at radius 2 is 1.94 bits per heavy atom. The fourth-order valence-electron chi connectivity index (χ4n) is 1.96. The predicted molar refractivity (Wildman–Crippen MR) is 69.4 cm³/mol. The van der Waals surface area contributed by atoms with Gasteiger partial charge in [0.05, 0.1) is 0 Å². The number of hydrogen-bond donors (Lipinski definition) is 2. The van der Waals surface area contributed by atoms with Crippen LogP contribution in [-0.2, 0) is 12.8 Å². The summed E-state index contributed by atoms with van der Waals surface area (Å²) in [6.07, 6.45) is 3.65. The standard InChI is InChI=1S/C14H20O4/c1-3-5-6-7-11-8-12(15)13(18-14(16)17)9-10(11)4-2/h8-9,15H,3-7H2,1-2H3,(H,16,17). The van der Waals surface area contributed by atoms with E-state index in [1.807, 2.05) is 6.92 Å². The minimum Gasteiger partial charge on any atom is -0.504 e. The van der Waals surface area contributed by atoms with E-state index in [0.717, 1.165) is 43.2 Å². The second kappa shape index (κ2) is 6.89.